The third-order valence-corrected chi connectivity index (χ3v) is 4.13. The number of aryl methyl sites for hydroxylation is 2. The number of hydrogen-bond acceptors (Lipinski definition) is 4. The van der Waals surface area contributed by atoms with Crippen LogP contribution in [0, 0.1) is 13.8 Å². The summed E-state index contributed by atoms with van der Waals surface area (Å²) in [5.74, 6) is 0.956. The number of carbonyl (C=O) groups is 1. The van der Waals surface area contributed by atoms with Crippen molar-refractivity contribution in [3.8, 4) is 0 Å². The van der Waals surface area contributed by atoms with E-state index in [1.54, 1.807) is 4.90 Å². The van der Waals surface area contributed by atoms with Gasteiger partial charge in [-0.05, 0) is 25.5 Å². The predicted molar refractivity (Wildman–Crippen MR) is 80.0 cm³/mol. The van der Waals surface area contributed by atoms with Crippen LogP contribution in [0.25, 0.3) is 0 Å². The van der Waals surface area contributed by atoms with E-state index in [2.05, 4.69) is 16.5 Å². The van der Waals surface area contributed by atoms with E-state index in [9.17, 15) is 4.79 Å². The lowest BCUT2D eigenvalue weighted by atomic mass is 9.96. The van der Waals surface area contributed by atoms with Gasteiger partial charge in [-0.25, -0.2) is 0 Å². The number of carbonyl (C=O) groups excluding carboxylic acids is 1. The van der Waals surface area contributed by atoms with Gasteiger partial charge in [0.15, 0.2) is 0 Å². The molecule has 21 heavy (non-hydrogen) atoms. The second kappa shape index (κ2) is 5.33. The predicted octanol–water partition coefficient (Wildman–Crippen LogP) is 2.49. The van der Waals surface area contributed by atoms with E-state index in [-0.39, 0.29) is 11.9 Å². The molecule has 1 aliphatic heterocycles. The number of amides is 1. The molecule has 0 aliphatic carbocycles. The number of para-hydroxylation sites is 1. The SMILES string of the molecule is Cc1noc(C)c1CNC1CC(=O)N(C)c2ccccc21. The molecule has 3 rings (SSSR count). The highest BCUT2D eigenvalue weighted by atomic mass is 16.5. The molecule has 0 fully saturated rings. The van der Waals surface area contributed by atoms with Crippen LogP contribution in [0.15, 0.2) is 28.8 Å². The summed E-state index contributed by atoms with van der Waals surface area (Å²) < 4.78 is 5.18. The van der Waals surface area contributed by atoms with Crippen molar-refractivity contribution in [2.24, 2.45) is 0 Å². The van der Waals surface area contributed by atoms with Crippen molar-refractivity contribution in [2.45, 2.75) is 32.9 Å². The number of rotatable bonds is 3. The van der Waals surface area contributed by atoms with Gasteiger partial charge in [0.2, 0.25) is 5.91 Å². The summed E-state index contributed by atoms with van der Waals surface area (Å²) in [5, 5.41) is 7.43. The van der Waals surface area contributed by atoms with E-state index in [0.29, 0.717) is 13.0 Å². The van der Waals surface area contributed by atoms with E-state index < -0.39 is 0 Å². The normalized spacial score (nSPS) is 18.0. The number of nitrogens with one attached hydrogen (secondary N) is 1. The Hall–Kier alpha value is -2.14. The van der Waals surface area contributed by atoms with Gasteiger partial charge >= 0.3 is 0 Å². The maximum atomic E-state index is 12.1. The van der Waals surface area contributed by atoms with Crippen molar-refractivity contribution < 1.29 is 9.32 Å². The average molecular weight is 285 g/mol. The molecule has 0 bridgehead atoms. The number of anilines is 1. The van der Waals surface area contributed by atoms with E-state index >= 15 is 0 Å². The molecular weight excluding hydrogens is 266 g/mol. The van der Waals surface area contributed by atoms with E-state index in [4.69, 9.17) is 4.52 Å². The Morgan fingerprint density at radius 2 is 2.14 bits per heavy atom. The van der Waals surface area contributed by atoms with Gasteiger partial charge in [-0.1, -0.05) is 23.4 Å². The zero-order valence-electron chi connectivity index (χ0n) is 12.5. The first-order chi connectivity index (χ1) is 10.1. The van der Waals surface area contributed by atoms with Crippen LogP contribution in [-0.4, -0.2) is 18.1 Å². The van der Waals surface area contributed by atoms with Crippen LogP contribution in [0.1, 0.15) is 35.0 Å². The summed E-state index contributed by atoms with van der Waals surface area (Å²) in [6.45, 7) is 4.49. The van der Waals surface area contributed by atoms with Crippen molar-refractivity contribution >= 4 is 11.6 Å². The van der Waals surface area contributed by atoms with Crippen molar-refractivity contribution in [1.82, 2.24) is 10.5 Å². The molecule has 1 amide bonds. The lowest BCUT2D eigenvalue weighted by Gasteiger charge is -2.32. The van der Waals surface area contributed by atoms with E-state index in [1.807, 2.05) is 39.1 Å². The highest BCUT2D eigenvalue weighted by Gasteiger charge is 2.28. The van der Waals surface area contributed by atoms with E-state index in [0.717, 1.165) is 28.3 Å². The van der Waals surface area contributed by atoms with Gasteiger partial charge in [-0.2, -0.15) is 0 Å². The zero-order valence-corrected chi connectivity index (χ0v) is 12.5. The molecule has 1 aromatic carbocycles. The van der Waals surface area contributed by atoms with Crippen LogP contribution in [0.4, 0.5) is 5.69 Å². The van der Waals surface area contributed by atoms with Crippen LogP contribution in [0.2, 0.25) is 0 Å². The minimum atomic E-state index is 0.0265. The topological polar surface area (TPSA) is 58.4 Å². The molecule has 110 valence electrons. The van der Waals surface area contributed by atoms with Crippen molar-refractivity contribution in [1.29, 1.82) is 0 Å². The maximum absolute atomic E-state index is 12.1. The van der Waals surface area contributed by atoms with Crippen LogP contribution in [0.3, 0.4) is 0 Å². The number of nitrogens with zero attached hydrogens (tertiary/aromatic N) is 2. The first-order valence-corrected chi connectivity index (χ1v) is 7.08. The molecule has 2 heterocycles. The molecule has 1 aromatic heterocycles. The number of fused-ring (bicyclic) bond motifs is 1. The van der Waals surface area contributed by atoms with Crippen LogP contribution in [0.5, 0.6) is 0 Å². The highest BCUT2D eigenvalue weighted by Crippen LogP contribution is 2.33. The van der Waals surface area contributed by atoms with Gasteiger partial charge in [0, 0.05) is 37.3 Å². The molecule has 0 saturated heterocycles. The van der Waals surface area contributed by atoms with Crippen LogP contribution < -0.4 is 10.2 Å². The van der Waals surface area contributed by atoms with Crippen LogP contribution >= 0.6 is 0 Å². The fourth-order valence-corrected chi connectivity index (χ4v) is 2.81. The largest absolute Gasteiger partial charge is 0.361 e. The number of hydrogen-bond donors (Lipinski definition) is 1. The minimum absolute atomic E-state index is 0.0265. The Balaban J connectivity index is 1.83. The fraction of sp³-hybridized carbons (Fsp3) is 0.375. The van der Waals surface area contributed by atoms with Crippen molar-refractivity contribution in [3.63, 3.8) is 0 Å². The summed E-state index contributed by atoms with van der Waals surface area (Å²) in [7, 11) is 1.83. The second-order valence-corrected chi connectivity index (χ2v) is 5.45. The molecule has 5 nitrogen and oxygen atoms in total. The van der Waals surface area contributed by atoms with Gasteiger partial charge in [0.1, 0.15) is 5.76 Å². The molecule has 2 aromatic rings. The first-order valence-electron chi connectivity index (χ1n) is 7.08. The summed E-state index contributed by atoms with van der Waals surface area (Å²) in [4.78, 5) is 13.8. The monoisotopic (exact) mass is 285 g/mol. The zero-order chi connectivity index (χ0) is 15.0. The first kappa shape index (κ1) is 13.8. The molecule has 1 atom stereocenters. The molecular formula is C16H19N3O2. The van der Waals surface area contributed by atoms with Crippen LogP contribution in [-0.2, 0) is 11.3 Å². The highest BCUT2D eigenvalue weighted by molar-refractivity contribution is 5.96. The third-order valence-electron chi connectivity index (χ3n) is 4.13. The van der Waals surface area contributed by atoms with Gasteiger partial charge in [0.05, 0.1) is 5.69 Å². The summed E-state index contributed by atoms with van der Waals surface area (Å²) in [5.41, 5.74) is 4.10. The molecule has 5 heteroatoms. The number of benzene rings is 1. The minimum Gasteiger partial charge on any atom is -0.361 e. The Morgan fingerprint density at radius 3 is 2.86 bits per heavy atom. The molecule has 1 aliphatic rings. The molecule has 0 saturated carbocycles. The quantitative estimate of drug-likeness (QED) is 0.941. The smallest absolute Gasteiger partial charge is 0.228 e. The Labute approximate surface area is 123 Å². The number of aromatic nitrogens is 1. The molecule has 1 unspecified atom stereocenters. The second-order valence-electron chi connectivity index (χ2n) is 5.45. The Bertz CT molecular complexity index is 658. The summed E-state index contributed by atoms with van der Waals surface area (Å²) >= 11 is 0. The van der Waals surface area contributed by atoms with Crippen molar-refractivity contribution in [3.05, 3.63) is 46.8 Å². The van der Waals surface area contributed by atoms with Gasteiger partial charge in [-0.3, -0.25) is 4.79 Å². The summed E-state index contributed by atoms with van der Waals surface area (Å²) in [6, 6.07) is 8.05. The Kier molecular flexibility index (Phi) is 3.51. The van der Waals surface area contributed by atoms with Gasteiger partial charge in [-0.15, -0.1) is 0 Å². The average Bonchev–Trinajstić information content (AvgIpc) is 2.81. The van der Waals surface area contributed by atoms with Crippen molar-refractivity contribution in [2.75, 3.05) is 11.9 Å². The fourth-order valence-electron chi connectivity index (χ4n) is 2.81. The van der Waals surface area contributed by atoms with Gasteiger partial charge < -0.3 is 14.7 Å². The van der Waals surface area contributed by atoms with E-state index in [1.165, 1.54) is 0 Å². The standard InChI is InChI=1S/C16H19N3O2/c1-10-13(11(2)21-18-10)9-17-14-8-16(20)19(3)15-7-5-4-6-12(14)15/h4-7,14,17H,8-9H2,1-3H3. The lowest BCUT2D eigenvalue weighted by Crippen LogP contribution is -2.37. The molecule has 0 spiro atoms. The lowest BCUT2D eigenvalue weighted by molar-refractivity contribution is -0.119. The summed E-state index contributed by atoms with van der Waals surface area (Å²) in [6.07, 6.45) is 0.469. The Morgan fingerprint density at radius 1 is 1.38 bits per heavy atom. The maximum Gasteiger partial charge on any atom is 0.228 e. The molecule has 1 N–H and O–H groups in total. The molecule has 0 radical (unpaired) electrons. The third kappa shape index (κ3) is 2.45. The van der Waals surface area contributed by atoms with Gasteiger partial charge in [0.25, 0.3) is 0 Å².